The standard InChI is InChI=1S/C17H15F4NO5S/c18-12-6-4-11(5-7-12)15(23)14(22-16(24)25)9-10-2-1-3-13(8-10)28(26,27)17(19,20)21/h1-8,14-15,22-23H,9H2,(H,24,25)/p-1. The molecular weight excluding hydrogens is 406 g/mol. The van der Waals surface area contributed by atoms with Crippen LogP contribution >= 0.6 is 0 Å². The highest BCUT2D eigenvalue weighted by molar-refractivity contribution is 7.92. The summed E-state index contributed by atoms with van der Waals surface area (Å²) in [6.07, 6.45) is -3.61. The largest absolute Gasteiger partial charge is 0.530 e. The second kappa shape index (κ2) is 8.15. The first kappa shape index (κ1) is 21.6. The summed E-state index contributed by atoms with van der Waals surface area (Å²) >= 11 is 0. The third-order valence-corrected chi connectivity index (χ3v) is 5.35. The molecule has 28 heavy (non-hydrogen) atoms. The van der Waals surface area contributed by atoms with Crippen LogP contribution in [0.4, 0.5) is 22.4 Å². The minimum Gasteiger partial charge on any atom is -0.530 e. The fourth-order valence-corrected chi connectivity index (χ4v) is 3.34. The summed E-state index contributed by atoms with van der Waals surface area (Å²) in [7, 11) is -5.59. The molecule has 1 amide bonds. The van der Waals surface area contributed by atoms with Crippen LogP contribution in [0, 0.1) is 5.82 Å². The Labute approximate surface area is 157 Å². The van der Waals surface area contributed by atoms with Gasteiger partial charge < -0.3 is 20.3 Å². The van der Waals surface area contributed by atoms with E-state index in [0.29, 0.717) is 0 Å². The number of nitrogens with one attached hydrogen (secondary N) is 1. The number of benzene rings is 2. The van der Waals surface area contributed by atoms with Gasteiger partial charge in [-0.1, -0.05) is 24.3 Å². The molecule has 0 radical (unpaired) electrons. The fourth-order valence-electron chi connectivity index (χ4n) is 2.51. The molecule has 2 atom stereocenters. The quantitative estimate of drug-likeness (QED) is 0.692. The van der Waals surface area contributed by atoms with Crippen LogP contribution in [0.25, 0.3) is 0 Å². The Morgan fingerprint density at radius 1 is 1.14 bits per heavy atom. The van der Waals surface area contributed by atoms with Gasteiger partial charge in [0.1, 0.15) is 11.9 Å². The average molecular weight is 420 g/mol. The number of aliphatic hydroxyl groups is 1. The highest BCUT2D eigenvalue weighted by Crippen LogP contribution is 2.31. The van der Waals surface area contributed by atoms with Gasteiger partial charge >= 0.3 is 5.51 Å². The molecule has 0 aliphatic heterocycles. The summed E-state index contributed by atoms with van der Waals surface area (Å²) in [4.78, 5) is 9.90. The van der Waals surface area contributed by atoms with E-state index in [1.54, 1.807) is 0 Å². The topological polar surface area (TPSA) is 107 Å². The molecule has 0 fully saturated rings. The zero-order valence-corrected chi connectivity index (χ0v) is 14.8. The third-order valence-electron chi connectivity index (χ3n) is 3.86. The molecule has 0 aliphatic rings. The van der Waals surface area contributed by atoms with Crippen LogP contribution in [0.2, 0.25) is 0 Å². The Morgan fingerprint density at radius 3 is 2.29 bits per heavy atom. The zero-order chi connectivity index (χ0) is 21.1. The lowest BCUT2D eigenvalue weighted by atomic mass is 9.96. The highest BCUT2D eigenvalue weighted by atomic mass is 32.2. The molecule has 0 saturated heterocycles. The molecular formula is C17H14F4NO5S-. The van der Waals surface area contributed by atoms with Gasteiger partial charge in [0.2, 0.25) is 0 Å². The molecule has 2 N–H and O–H groups in total. The third kappa shape index (κ3) is 4.98. The van der Waals surface area contributed by atoms with E-state index in [1.807, 2.05) is 5.32 Å². The number of aliphatic hydroxyl groups excluding tert-OH is 1. The fraction of sp³-hybridized carbons (Fsp3) is 0.235. The summed E-state index contributed by atoms with van der Waals surface area (Å²) in [5.74, 6) is -0.592. The molecule has 2 aromatic carbocycles. The van der Waals surface area contributed by atoms with Crippen LogP contribution in [0.3, 0.4) is 0 Å². The van der Waals surface area contributed by atoms with Crippen LogP contribution in [-0.4, -0.2) is 31.2 Å². The summed E-state index contributed by atoms with van der Waals surface area (Å²) in [5, 5.41) is 23.2. The summed E-state index contributed by atoms with van der Waals surface area (Å²) in [6, 6.07) is 7.01. The van der Waals surface area contributed by atoms with Crippen molar-refractivity contribution in [3.05, 3.63) is 65.5 Å². The molecule has 0 saturated carbocycles. The Hall–Kier alpha value is -2.66. The monoisotopic (exact) mass is 420 g/mol. The van der Waals surface area contributed by atoms with Gasteiger partial charge in [0.25, 0.3) is 9.84 Å². The maximum atomic E-state index is 13.0. The molecule has 6 nitrogen and oxygen atoms in total. The maximum Gasteiger partial charge on any atom is 0.501 e. The average Bonchev–Trinajstić information content (AvgIpc) is 2.60. The number of hydrogen-bond donors (Lipinski definition) is 2. The molecule has 152 valence electrons. The predicted octanol–water partition coefficient (Wildman–Crippen LogP) is 1.70. The van der Waals surface area contributed by atoms with E-state index in [1.165, 1.54) is 18.2 Å². The van der Waals surface area contributed by atoms with Crippen LogP contribution in [0.5, 0.6) is 0 Å². The maximum absolute atomic E-state index is 13.0. The van der Waals surface area contributed by atoms with Crippen molar-refractivity contribution >= 4 is 15.9 Å². The van der Waals surface area contributed by atoms with E-state index in [9.17, 15) is 41.0 Å². The van der Waals surface area contributed by atoms with Crippen LogP contribution in [-0.2, 0) is 16.3 Å². The SMILES string of the molecule is O=C([O-])NC(Cc1cccc(S(=O)(=O)C(F)(F)F)c1)C(O)c1ccc(F)cc1. The summed E-state index contributed by atoms with van der Waals surface area (Å²) in [5.41, 5.74) is -5.34. The van der Waals surface area contributed by atoms with Gasteiger partial charge in [-0.05, 0) is 41.8 Å². The molecule has 0 aliphatic carbocycles. The molecule has 2 rings (SSSR count). The Kier molecular flexibility index (Phi) is 6.30. The molecule has 2 unspecified atom stereocenters. The van der Waals surface area contributed by atoms with Gasteiger partial charge in [-0.2, -0.15) is 13.2 Å². The normalized spacial score (nSPS) is 14.3. The number of alkyl halides is 3. The number of carboxylic acid groups (broad SMARTS) is 1. The van der Waals surface area contributed by atoms with E-state index in [-0.39, 0.29) is 17.5 Å². The summed E-state index contributed by atoms with van der Waals surface area (Å²) < 4.78 is 74.2. The van der Waals surface area contributed by atoms with Crippen molar-refractivity contribution in [3.8, 4) is 0 Å². The Morgan fingerprint density at radius 2 is 1.75 bits per heavy atom. The first-order chi connectivity index (χ1) is 12.9. The highest BCUT2D eigenvalue weighted by Gasteiger charge is 2.46. The van der Waals surface area contributed by atoms with Gasteiger partial charge in [-0.15, -0.1) is 0 Å². The second-order valence-electron chi connectivity index (χ2n) is 5.84. The van der Waals surface area contributed by atoms with Gasteiger partial charge in [-0.3, -0.25) is 0 Å². The lowest BCUT2D eigenvalue weighted by Gasteiger charge is -2.26. The molecule has 11 heteroatoms. The minimum absolute atomic E-state index is 0.0187. The van der Waals surface area contributed by atoms with Gasteiger partial charge in [0.15, 0.2) is 0 Å². The number of hydrogen-bond acceptors (Lipinski definition) is 5. The first-order valence-electron chi connectivity index (χ1n) is 7.73. The molecule has 0 aromatic heterocycles. The Bertz CT molecular complexity index is 945. The van der Waals surface area contributed by atoms with E-state index in [0.717, 1.165) is 30.3 Å². The molecule has 0 spiro atoms. The smallest absolute Gasteiger partial charge is 0.501 e. The number of sulfone groups is 1. The minimum atomic E-state index is -5.59. The second-order valence-corrected chi connectivity index (χ2v) is 7.78. The Balaban J connectivity index is 2.34. The predicted molar refractivity (Wildman–Crippen MR) is 87.1 cm³/mol. The van der Waals surface area contributed by atoms with E-state index < -0.39 is 44.3 Å². The van der Waals surface area contributed by atoms with Crippen LogP contribution < -0.4 is 10.4 Å². The molecule has 2 aromatic rings. The lowest BCUT2D eigenvalue weighted by molar-refractivity contribution is -0.252. The number of carbonyl (C=O) groups is 1. The van der Waals surface area contributed by atoms with Crippen molar-refractivity contribution in [3.63, 3.8) is 0 Å². The van der Waals surface area contributed by atoms with Gasteiger partial charge in [0.05, 0.1) is 17.0 Å². The lowest BCUT2D eigenvalue weighted by Crippen LogP contribution is -2.47. The van der Waals surface area contributed by atoms with Crippen LogP contribution in [0.15, 0.2) is 53.4 Å². The number of halogens is 4. The van der Waals surface area contributed by atoms with Gasteiger partial charge in [0, 0.05) is 0 Å². The summed E-state index contributed by atoms with van der Waals surface area (Å²) in [6.45, 7) is 0. The van der Waals surface area contributed by atoms with Crippen molar-refractivity contribution in [1.82, 2.24) is 5.32 Å². The van der Waals surface area contributed by atoms with Crippen molar-refractivity contribution in [2.24, 2.45) is 0 Å². The van der Waals surface area contributed by atoms with Crippen molar-refractivity contribution in [2.75, 3.05) is 0 Å². The van der Waals surface area contributed by atoms with E-state index >= 15 is 0 Å². The van der Waals surface area contributed by atoms with Crippen LogP contribution in [0.1, 0.15) is 17.2 Å². The van der Waals surface area contributed by atoms with Crippen molar-refractivity contribution < 1.29 is 41.0 Å². The van der Waals surface area contributed by atoms with E-state index in [2.05, 4.69) is 0 Å². The van der Waals surface area contributed by atoms with Crippen molar-refractivity contribution in [2.45, 2.75) is 29.0 Å². The molecule has 0 bridgehead atoms. The molecule has 0 heterocycles. The first-order valence-corrected chi connectivity index (χ1v) is 9.21. The van der Waals surface area contributed by atoms with Crippen molar-refractivity contribution in [1.29, 1.82) is 0 Å². The number of rotatable bonds is 6. The zero-order valence-electron chi connectivity index (χ0n) is 14.0. The van der Waals surface area contributed by atoms with Gasteiger partial charge in [-0.25, -0.2) is 12.8 Å². The number of carbonyl (C=O) groups excluding carboxylic acids is 1. The number of amides is 1. The van der Waals surface area contributed by atoms with E-state index in [4.69, 9.17) is 0 Å².